The van der Waals surface area contributed by atoms with E-state index in [0.29, 0.717) is 5.54 Å². The Hall–Kier alpha value is 0.137. The van der Waals surface area contributed by atoms with Gasteiger partial charge < -0.3 is 8.85 Å². The molecule has 0 aliphatic carbocycles. The van der Waals surface area contributed by atoms with E-state index in [0.717, 1.165) is 6.61 Å². The van der Waals surface area contributed by atoms with Crippen LogP contribution in [0.4, 0.5) is 0 Å². The van der Waals surface area contributed by atoms with E-state index in [4.69, 9.17) is 8.85 Å². The molecule has 0 amide bonds. The summed E-state index contributed by atoms with van der Waals surface area (Å²) >= 11 is 0. The summed E-state index contributed by atoms with van der Waals surface area (Å²) in [5.41, 5.74) is 0.579. The van der Waals surface area contributed by atoms with Crippen molar-refractivity contribution in [1.82, 2.24) is 0 Å². The van der Waals surface area contributed by atoms with Crippen LogP contribution in [0.2, 0.25) is 5.54 Å². The van der Waals surface area contributed by atoms with E-state index >= 15 is 0 Å². The molecule has 0 heterocycles. The van der Waals surface area contributed by atoms with Gasteiger partial charge in [-0.3, -0.25) is 0 Å². The lowest BCUT2D eigenvalue weighted by Crippen LogP contribution is -2.24. The Bertz CT molecular complexity index is 66.1. The third-order valence-electron chi connectivity index (χ3n) is 1.11. The first-order valence-electron chi connectivity index (χ1n) is 3.36. The predicted octanol–water partition coefficient (Wildman–Crippen LogP) is 1.30. The molecule has 0 aliphatic rings. The zero-order chi connectivity index (χ0) is 7.28. The van der Waals surface area contributed by atoms with E-state index in [9.17, 15) is 0 Å². The number of hydrogen-bond acceptors (Lipinski definition) is 2. The van der Waals surface area contributed by atoms with Crippen molar-refractivity contribution >= 4 is 9.28 Å². The van der Waals surface area contributed by atoms with Gasteiger partial charge in [0.15, 0.2) is 0 Å². The molecular formula is C6H16O2Si. The highest BCUT2D eigenvalue weighted by Crippen LogP contribution is 2.07. The molecule has 56 valence electrons. The second kappa shape index (κ2) is 4.96. The molecule has 0 bridgehead atoms. The molecule has 9 heavy (non-hydrogen) atoms. The Kier molecular flexibility index (Phi) is 5.04. The molecule has 0 saturated carbocycles. The Morgan fingerprint density at radius 2 is 2.00 bits per heavy atom. The lowest BCUT2D eigenvalue weighted by molar-refractivity contribution is 0.234. The molecule has 0 aromatic carbocycles. The van der Waals surface area contributed by atoms with Crippen LogP contribution >= 0.6 is 0 Å². The molecule has 0 spiro atoms. The molecule has 0 N–H and O–H groups in total. The van der Waals surface area contributed by atoms with Crippen LogP contribution in [0.1, 0.15) is 20.8 Å². The fourth-order valence-electron chi connectivity index (χ4n) is 0.697. The summed E-state index contributed by atoms with van der Waals surface area (Å²) in [5, 5.41) is 0. The Balaban J connectivity index is 3.41. The van der Waals surface area contributed by atoms with Crippen LogP contribution in [0.25, 0.3) is 0 Å². The number of rotatable bonds is 4. The first kappa shape index (κ1) is 9.14. The predicted molar refractivity (Wildman–Crippen MR) is 40.9 cm³/mol. The van der Waals surface area contributed by atoms with Crippen molar-refractivity contribution in [2.45, 2.75) is 26.3 Å². The molecule has 3 heteroatoms. The van der Waals surface area contributed by atoms with Crippen molar-refractivity contribution in [2.75, 3.05) is 13.7 Å². The van der Waals surface area contributed by atoms with Crippen LogP contribution in [-0.4, -0.2) is 23.0 Å². The van der Waals surface area contributed by atoms with Gasteiger partial charge >= 0.3 is 9.28 Å². The Morgan fingerprint density at radius 1 is 1.44 bits per heavy atom. The van der Waals surface area contributed by atoms with Crippen LogP contribution in [0, 0.1) is 0 Å². The maximum absolute atomic E-state index is 5.37. The normalized spacial score (nSPS) is 14.3. The summed E-state index contributed by atoms with van der Waals surface area (Å²) in [6.45, 7) is 7.05. The van der Waals surface area contributed by atoms with E-state index in [1.54, 1.807) is 7.11 Å². The molecule has 0 rings (SSSR count). The average Bonchev–Trinajstić information content (AvgIpc) is 1.82. The lowest BCUT2D eigenvalue weighted by atomic mass is 10.6. The smallest absolute Gasteiger partial charge is 0.323 e. The van der Waals surface area contributed by atoms with Crippen molar-refractivity contribution in [3.8, 4) is 0 Å². The molecule has 1 atom stereocenters. The van der Waals surface area contributed by atoms with Crippen molar-refractivity contribution in [2.24, 2.45) is 0 Å². The van der Waals surface area contributed by atoms with Gasteiger partial charge in [0, 0.05) is 13.7 Å². The van der Waals surface area contributed by atoms with Crippen molar-refractivity contribution < 1.29 is 8.85 Å². The van der Waals surface area contributed by atoms with E-state index in [1.165, 1.54) is 0 Å². The summed E-state index contributed by atoms with van der Waals surface area (Å²) in [5.74, 6) is 0. The summed E-state index contributed by atoms with van der Waals surface area (Å²) < 4.78 is 10.5. The second-order valence-electron chi connectivity index (χ2n) is 2.30. The second-order valence-corrected chi connectivity index (χ2v) is 5.18. The average molecular weight is 148 g/mol. The first-order chi connectivity index (χ1) is 4.22. The minimum atomic E-state index is -1.29. The van der Waals surface area contributed by atoms with Crippen LogP contribution in [-0.2, 0) is 8.85 Å². The molecule has 1 unspecified atom stereocenters. The van der Waals surface area contributed by atoms with E-state index < -0.39 is 9.28 Å². The van der Waals surface area contributed by atoms with Gasteiger partial charge in [0.2, 0.25) is 0 Å². The van der Waals surface area contributed by atoms with E-state index in [1.807, 2.05) is 6.92 Å². The minimum Gasteiger partial charge on any atom is -0.400 e. The van der Waals surface area contributed by atoms with E-state index in [-0.39, 0.29) is 0 Å². The van der Waals surface area contributed by atoms with Crippen molar-refractivity contribution in [1.29, 1.82) is 0 Å². The fourth-order valence-corrected chi connectivity index (χ4v) is 2.09. The zero-order valence-electron chi connectivity index (χ0n) is 6.68. The highest BCUT2D eigenvalue weighted by molar-refractivity contribution is 6.46. The van der Waals surface area contributed by atoms with Crippen molar-refractivity contribution in [3.05, 3.63) is 0 Å². The fraction of sp³-hybridized carbons (Fsp3) is 1.00. The standard InChI is InChI=1S/C6H16O2Si/c1-5-8-9(7-4)6(2)3/h6,9H,5H2,1-4H3. The Labute approximate surface area is 59.0 Å². The molecule has 2 nitrogen and oxygen atoms in total. The van der Waals surface area contributed by atoms with E-state index in [2.05, 4.69) is 13.8 Å². The monoisotopic (exact) mass is 148 g/mol. The van der Waals surface area contributed by atoms with Gasteiger partial charge in [-0.05, 0) is 12.5 Å². The highest BCUT2D eigenvalue weighted by atomic mass is 28.3. The molecule has 0 saturated heterocycles. The van der Waals surface area contributed by atoms with Gasteiger partial charge in [0.05, 0.1) is 0 Å². The first-order valence-corrected chi connectivity index (χ1v) is 4.97. The molecule has 0 radical (unpaired) electrons. The quantitative estimate of drug-likeness (QED) is 0.559. The third-order valence-corrected chi connectivity index (χ3v) is 3.32. The SMILES string of the molecule is CCO[SiH](OC)C(C)C. The highest BCUT2D eigenvalue weighted by Gasteiger charge is 2.14. The third kappa shape index (κ3) is 3.67. The van der Waals surface area contributed by atoms with Crippen molar-refractivity contribution in [3.63, 3.8) is 0 Å². The molecule has 0 aliphatic heterocycles. The van der Waals surface area contributed by atoms with Gasteiger partial charge in [0.25, 0.3) is 0 Å². The summed E-state index contributed by atoms with van der Waals surface area (Å²) in [6, 6.07) is 0. The van der Waals surface area contributed by atoms with Crippen LogP contribution < -0.4 is 0 Å². The molecule has 0 aromatic rings. The molecule has 0 fully saturated rings. The largest absolute Gasteiger partial charge is 0.400 e. The molecule has 0 aromatic heterocycles. The van der Waals surface area contributed by atoms with Gasteiger partial charge in [-0.1, -0.05) is 13.8 Å². The Morgan fingerprint density at radius 3 is 2.11 bits per heavy atom. The number of hydrogen-bond donors (Lipinski definition) is 0. The summed E-state index contributed by atoms with van der Waals surface area (Å²) in [4.78, 5) is 0. The summed E-state index contributed by atoms with van der Waals surface area (Å²) in [6.07, 6.45) is 0. The van der Waals surface area contributed by atoms with Gasteiger partial charge in [0.1, 0.15) is 0 Å². The maximum Gasteiger partial charge on any atom is 0.323 e. The zero-order valence-corrected chi connectivity index (χ0v) is 7.83. The van der Waals surface area contributed by atoms with Crippen LogP contribution in [0.5, 0.6) is 0 Å². The summed E-state index contributed by atoms with van der Waals surface area (Å²) in [7, 11) is 0.442. The van der Waals surface area contributed by atoms with Gasteiger partial charge in [-0.2, -0.15) is 0 Å². The van der Waals surface area contributed by atoms with Crippen LogP contribution in [0.3, 0.4) is 0 Å². The van der Waals surface area contributed by atoms with Gasteiger partial charge in [-0.25, -0.2) is 0 Å². The van der Waals surface area contributed by atoms with Gasteiger partial charge in [-0.15, -0.1) is 0 Å². The van der Waals surface area contributed by atoms with Crippen LogP contribution in [0.15, 0.2) is 0 Å². The molecular weight excluding hydrogens is 132 g/mol. The minimum absolute atomic E-state index is 0.579. The maximum atomic E-state index is 5.37. The lowest BCUT2D eigenvalue weighted by Gasteiger charge is -2.15. The topological polar surface area (TPSA) is 18.5 Å².